The number of benzene rings is 7. The van der Waals surface area contributed by atoms with Crippen LogP contribution in [0, 0.1) is 0 Å². The van der Waals surface area contributed by atoms with Gasteiger partial charge in [0.15, 0.2) is 29.3 Å². The largest absolute Gasteiger partial charge is 0.475 e. The van der Waals surface area contributed by atoms with E-state index < -0.39 is 82.4 Å². The Morgan fingerprint density at radius 2 is 1.15 bits per heavy atom. The number of hydrogen-bond acceptors (Lipinski definition) is 14. The molecule has 408 valence electrons. The van der Waals surface area contributed by atoms with E-state index in [1.807, 2.05) is 212 Å². The zero-order valence-electron chi connectivity index (χ0n) is 42.9. The average molecular weight is 1120 g/mol. The van der Waals surface area contributed by atoms with Crippen molar-refractivity contribution in [1.82, 2.24) is 19.3 Å². The molecule has 2 unspecified atom stereocenters. The lowest BCUT2D eigenvalue weighted by atomic mass is 9.77. The molecule has 5 N–H and O–H groups in total. The topological polar surface area (TPSA) is 243 Å². The molecule has 0 aliphatic carbocycles. The molecule has 3 heterocycles. The first kappa shape index (κ1) is 54.5. The smallest absolute Gasteiger partial charge is 0.404 e. The molecule has 1 fully saturated rings. The summed E-state index contributed by atoms with van der Waals surface area (Å²) in [5.74, 6) is -2.41. The van der Waals surface area contributed by atoms with Gasteiger partial charge >= 0.3 is 16.4 Å². The van der Waals surface area contributed by atoms with Gasteiger partial charge in [-0.3, -0.25) is 18.9 Å². The lowest BCUT2D eigenvalue weighted by Crippen LogP contribution is -2.73. The summed E-state index contributed by atoms with van der Waals surface area (Å²) in [6.07, 6.45) is -1.36. The second kappa shape index (κ2) is 24.4. The average Bonchev–Trinajstić information content (AvgIpc) is 4.08. The summed E-state index contributed by atoms with van der Waals surface area (Å²) >= 11 is 1.12. The number of anilines is 1. The number of rotatable bonds is 22. The van der Waals surface area contributed by atoms with Crippen molar-refractivity contribution in [1.29, 1.82) is 0 Å². The maximum absolute atomic E-state index is 14.7. The molecular weight excluding hydrogens is 1070 g/mol. The maximum Gasteiger partial charge on any atom is 0.404 e. The Morgan fingerprint density at radius 3 is 1.60 bits per heavy atom. The Bertz CT molecular complexity index is 3650. The van der Waals surface area contributed by atoms with Crippen molar-refractivity contribution < 1.29 is 46.5 Å². The summed E-state index contributed by atoms with van der Waals surface area (Å²) in [6, 6.07) is 64.8. The number of thiazole rings is 1. The minimum atomic E-state index is -5.19. The van der Waals surface area contributed by atoms with Crippen molar-refractivity contribution in [2.24, 2.45) is 10.9 Å². The van der Waals surface area contributed by atoms with Crippen LogP contribution < -0.4 is 31.4 Å². The number of ether oxygens (including phenoxy) is 2. The molecule has 9 aromatic rings. The molecule has 0 radical (unpaired) electrons. The van der Waals surface area contributed by atoms with Gasteiger partial charge in [0.05, 0.1) is 6.20 Å². The van der Waals surface area contributed by atoms with Gasteiger partial charge in [-0.05, 0) is 38.9 Å². The van der Waals surface area contributed by atoms with E-state index in [-0.39, 0.29) is 21.4 Å². The summed E-state index contributed by atoms with van der Waals surface area (Å²) in [4.78, 5) is 71.9. The molecule has 1 saturated heterocycles. The molecule has 2 aromatic heterocycles. The van der Waals surface area contributed by atoms with Crippen molar-refractivity contribution in [2.75, 3.05) is 11.9 Å². The van der Waals surface area contributed by atoms with E-state index in [0.717, 1.165) is 50.3 Å². The van der Waals surface area contributed by atoms with Gasteiger partial charge < -0.3 is 35.5 Å². The standard InChI is InChI=1S/C61H51N7O11S2/c62-59(72)76-39-50-54(58(71)68(50)81(73,74)75)64-57(70)53(49-40-80-60(63-49)65-61(45-30-16-5-17-31-45,46-32-18-6-19-33-46)47-34-20-7-21-35-47)66-77-38-48-36-51(69)52(78-55(41-22-8-1-9-23-41)42-24-10-2-11-25-42)37-67(48)79-56(43-26-12-3-13-27-43)44-28-14-4-15-29-44/h1-37,40,50,54-56H,38-39H2,(H2,62,72)(H,63,65)(H,64,70)(H,73,74,75). The van der Waals surface area contributed by atoms with Crippen molar-refractivity contribution >= 4 is 50.4 Å². The Kier molecular flexibility index (Phi) is 16.4. The number of carbonyl (C=O) groups is 3. The minimum Gasteiger partial charge on any atom is -0.475 e. The fourth-order valence-corrected chi connectivity index (χ4v) is 11.1. The summed E-state index contributed by atoms with van der Waals surface area (Å²) in [5.41, 5.74) is 8.76. The third-order valence-electron chi connectivity index (χ3n) is 13.3. The molecule has 10 rings (SSSR count). The molecule has 20 heteroatoms. The Balaban J connectivity index is 1.05. The molecular formula is C61H51N7O11S2. The Morgan fingerprint density at radius 1 is 0.691 bits per heavy atom. The summed E-state index contributed by atoms with van der Waals surface area (Å²) < 4.78 is 47.4. The van der Waals surface area contributed by atoms with Crippen LogP contribution in [0.5, 0.6) is 5.75 Å². The third kappa shape index (κ3) is 12.2. The van der Waals surface area contributed by atoms with Crippen molar-refractivity contribution in [3.8, 4) is 5.75 Å². The number of aromatic nitrogens is 2. The van der Waals surface area contributed by atoms with Gasteiger partial charge in [0.2, 0.25) is 5.43 Å². The van der Waals surface area contributed by atoms with Crippen molar-refractivity contribution in [3.05, 3.63) is 291 Å². The highest BCUT2D eigenvalue weighted by Crippen LogP contribution is 2.41. The predicted molar refractivity (Wildman–Crippen MR) is 303 cm³/mol. The van der Waals surface area contributed by atoms with Crippen LogP contribution in [0.2, 0.25) is 0 Å². The van der Waals surface area contributed by atoms with E-state index in [1.54, 1.807) is 0 Å². The number of amides is 3. The van der Waals surface area contributed by atoms with Gasteiger partial charge in [-0.25, -0.2) is 14.1 Å². The second-order valence-corrected chi connectivity index (χ2v) is 20.6. The van der Waals surface area contributed by atoms with E-state index in [9.17, 15) is 32.1 Å². The van der Waals surface area contributed by atoms with Crippen LogP contribution in [0.3, 0.4) is 0 Å². The number of nitrogens with zero attached hydrogens (tertiary/aromatic N) is 4. The molecule has 1 aliphatic rings. The van der Waals surface area contributed by atoms with Crippen LogP contribution in [0.15, 0.2) is 240 Å². The number of nitrogens with two attached hydrogens (primary N) is 1. The number of β-lactam (4-membered cyclic amide) rings is 1. The lowest BCUT2D eigenvalue weighted by molar-refractivity contribution is -0.146. The van der Waals surface area contributed by atoms with Crippen LogP contribution in [-0.4, -0.2) is 69.3 Å². The van der Waals surface area contributed by atoms with E-state index in [2.05, 4.69) is 15.8 Å². The van der Waals surface area contributed by atoms with E-state index in [1.165, 1.54) is 22.4 Å². The van der Waals surface area contributed by atoms with Crippen LogP contribution in [0.4, 0.5) is 9.93 Å². The number of nitrogens with one attached hydrogen (secondary N) is 2. The number of carbonyl (C=O) groups excluding carboxylic acids is 3. The third-order valence-corrected chi connectivity index (χ3v) is 15.0. The van der Waals surface area contributed by atoms with Gasteiger partial charge in [-0.15, -0.1) is 11.3 Å². The first-order valence-corrected chi connectivity index (χ1v) is 27.6. The van der Waals surface area contributed by atoms with Crippen LogP contribution >= 0.6 is 11.3 Å². The molecule has 1 aliphatic heterocycles. The molecule has 0 saturated carbocycles. The van der Waals surface area contributed by atoms with Crippen molar-refractivity contribution in [3.63, 3.8) is 0 Å². The second-order valence-electron chi connectivity index (χ2n) is 18.4. The van der Waals surface area contributed by atoms with E-state index in [4.69, 9.17) is 29.9 Å². The first-order chi connectivity index (χ1) is 39.4. The lowest BCUT2D eigenvalue weighted by Gasteiger charge is -2.43. The molecule has 2 atom stereocenters. The van der Waals surface area contributed by atoms with Gasteiger partial charge in [0.25, 0.3) is 11.8 Å². The van der Waals surface area contributed by atoms with Crippen LogP contribution in [0.25, 0.3) is 0 Å². The zero-order chi connectivity index (χ0) is 56.3. The number of pyridine rings is 1. The molecule has 0 spiro atoms. The summed E-state index contributed by atoms with van der Waals surface area (Å²) in [6.45, 7) is -1.34. The quantitative estimate of drug-likeness (QED) is 0.0164. The normalized spacial score (nSPS) is 14.4. The monoisotopic (exact) mass is 1120 g/mol. The van der Waals surface area contributed by atoms with Crippen molar-refractivity contribution in [2.45, 2.75) is 36.4 Å². The van der Waals surface area contributed by atoms with Crippen LogP contribution in [0.1, 0.15) is 62.5 Å². The minimum absolute atomic E-state index is 0.0576. The molecule has 3 amide bonds. The number of oxime groups is 1. The fraction of sp³-hybridized carbons (Fsp3) is 0.115. The van der Waals surface area contributed by atoms with E-state index in [0.29, 0.717) is 5.13 Å². The predicted octanol–water partition coefficient (Wildman–Crippen LogP) is 8.61. The molecule has 81 heavy (non-hydrogen) atoms. The number of hydrogen-bond donors (Lipinski definition) is 4. The van der Waals surface area contributed by atoms with Gasteiger partial charge in [-0.2, -0.15) is 13.1 Å². The Hall–Kier alpha value is -9.89. The zero-order valence-corrected chi connectivity index (χ0v) is 44.5. The van der Waals surface area contributed by atoms with E-state index >= 15 is 0 Å². The summed E-state index contributed by atoms with van der Waals surface area (Å²) in [7, 11) is -5.19. The molecule has 18 nitrogen and oxygen atoms in total. The van der Waals surface area contributed by atoms with Gasteiger partial charge in [0, 0.05) is 11.4 Å². The molecule has 7 aromatic carbocycles. The maximum atomic E-state index is 14.7. The SMILES string of the molecule is NC(=O)OCC1C(NC(=O)C(=NOCc2cc(=O)c(OC(c3ccccc3)c3ccccc3)cn2OC(c2ccccc2)c2ccccc2)c2csc(NC(c3ccccc3)(c3ccccc3)c3ccccc3)n2)C(=O)N1S(=O)(=O)O. The summed E-state index contributed by atoms with van der Waals surface area (Å²) in [5, 5.41) is 12.3. The highest BCUT2D eigenvalue weighted by Gasteiger charge is 2.55. The molecule has 0 bridgehead atoms. The van der Waals surface area contributed by atoms with Crippen LogP contribution in [-0.2, 0) is 41.6 Å². The number of primary amides is 1. The fourth-order valence-electron chi connectivity index (χ4n) is 9.48. The Labute approximate surface area is 469 Å². The highest BCUT2D eigenvalue weighted by atomic mass is 32.2. The highest BCUT2D eigenvalue weighted by molar-refractivity contribution is 7.84. The van der Waals surface area contributed by atoms with Gasteiger partial charge in [0.1, 0.15) is 41.7 Å². The van der Waals surface area contributed by atoms with Gasteiger partial charge in [-0.1, -0.05) is 217 Å². The first-order valence-electron chi connectivity index (χ1n) is 25.3.